The number of nitrogens with one attached hydrogen (secondary N) is 1. The predicted molar refractivity (Wildman–Crippen MR) is 80.7 cm³/mol. The Balaban J connectivity index is 1.67. The summed E-state index contributed by atoms with van der Waals surface area (Å²) in [5, 5.41) is 13.5. The molecule has 2 rings (SSSR count). The fourth-order valence-corrected chi connectivity index (χ4v) is 1.71. The normalized spacial score (nSPS) is 10.0. The molecular formula is C15H15N3O4. The summed E-state index contributed by atoms with van der Waals surface area (Å²) in [4.78, 5) is 25.6. The zero-order chi connectivity index (χ0) is 15.8. The number of esters is 1. The van der Waals surface area contributed by atoms with Crippen molar-refractivity contribution in [2.75, 3.05) is 18.5 Å². The van der Waals surface area contributed by atoms with Gasteiger partial charge in [0.15, 0.2) is 0 Å². The monoisotopic (exact) mass is 301 g/mol. The van der Waals surface area contributed by atoms with Crippen LogP contribution in [-0.2, 0) is 4.74 Å². The molecule has 0 fully saturated rings. The van der Waals surface area contributed by atoms with E-state index in [1.807, 2.05) is 6.07 Å². The lowest BCUT2D eigenvalue weighted by Gasteiger charge is -2.06. The van der Waals surface area contributed by atoms with Crippen molar-refractivity contribution in [1.82, 2.24) is 4.98 Å². The summed E-state index contributed by atoms with van der Waals surface area (Å²) < 4.78 is 5.13. The van der Waals surface area contributed by atoms with Crippen LogP contribution in [0.25, 0.3) is 0 Å². The number of nitrogens with zero attached hydrogens (tertiary/aromatic N) is 2. The van der Waals surface area contributed by atoms with Crippen molar-refractivity contribution in [3.05, 3.63) is 64.3 Å². The van der Waals surface area contributed by atoms with E-state index < -0.39 is 4.92 Å². The molecule has 0 radical (unpaired) electrons. The molecule has 1 aromatic carbocycles. The van der Waals surface area contributed by atoms with Crippen LogP contribution in [0.3, 0.4) is 0 Å². The number of benzene rings is 1. The summed E-state index contributed by atoms with van der Waals surface area (Å²) in [6, 6.07) is 11.7. The maximum Gasteiger partial charge on any atom is 0.338 e. The number of nitro groups is 1. The number of ether oxygens (including phenoxy) is 1. The molecule has 0 aliphatic carbocycles. The van der Waals surface area contributed by atoms with E-state index in [9.17, 15) is 14.9 Å². The highest BCUT2D eigenvalue weighted by Crippen LogP contribution is 2.11. The van der Waals surface area contributed by atoms with Crippen LogP contribution in [0.1, 0.15) is 16.8 Å². The molecule has 0 unspecified atom stereocenters. The Morgan fingerprint density at radius 3 is 2.64 bits per heavy atom. The first kappa shape index (κ1) is 15.4. The quantitative estimate of drug-likeness (QED) is 0.365. The highest BCUT2D eigenvalue weighted by atomic mass is 16.6. The SMILES string of the molecule is O=C(OCCCNc1ccc([N+](=O)[O-])cn1)c1ccccc1. The Kier molecular flexibility index (Phi) is 5.42. The van der Waals surface area contributed by atoms with E-state index in [0.717, 1.165) is 0 Å². The summed E-state index contributed by atoms with van der Waals surface area (Å²) >= 11 is 0. The van der Waals surface area contributed by atoms with Crippen molar-refractivity contribution in [1.29, 1.82) is 0 Å². The maximum absolute atomic E-state index is 11.7. The van der Waals surface area contributed by atoms with Crippen molar-refractivity contribution in [2.45, 2.75) is 6.42 Å². The van der Waals surface area contributed by atoms with Gasteiger partial charge in [-0.3, -0.25) is 10.1 Å². The molecule has 114 valence electrons. The zero-order valence-electron chi connectivity index (χ0n) is 11.8. The standard InChI is InChI=1S/C15H15N3O4/c19-15(12-5-2-1-3-6-12)22-10-4-9-16-14-8-7-13(11-17-14)18(20)21/h1-3,5-8,11H,4,9-10H2,(H,16,17). The molecule has 0 bridgehead atoms. The molecule has 0 spiro atoms. The van der Waals surface area contributed by atoms with Crippen LogP contribution < -0.4 is 5.32 Å². The smallest absolute Gasteiger partial charge is 0.338 e. The number of hydrogen-bond acceptors (Lipinski definition) is 6. The predicted octanol–water partition coefficient (Wildman–Crippen LogP) is 2.65. The molecule has 1 N–H and O–H groups in total. The first-order valence-corrected chi connectivity index (χ1v) is 6.73. The molecule has 2 aromatic rings. The van der Waals surface area contributed by atoms with Crippen LogP contribution in [0.15, 0.2) is 48.7 Å². The minimum Gasteiger partial charge on any atom is -0.462 e. The fourth-order valence-electron chi connectivity index (χ4n) is 1.71. The van der Waals surface area contributed by atoms with Gasteiger partial charge >= 0.3 is 5.97 Å². The van der Waals surface area contributed by atoms with Crippen LogP contribution in [0.5, 0.6) is 0 Å². The summed E-state index contributed by atoms with van der Waals surface area (Å²) in [6.45, 7) is 0.834. The van der Waals surface area contributed by atoms with Crippen LogP contribution in [0, 0.1) is 10.1 Å². The second kappa shape index (κ2) is 7.72. The third-order valence-corrected chi connectivity index (χ3v) is 2.83. The molecule has 0 atom stereocenters. The van der Waals surface area contributed by atoms with Gasteiger partial charge in [0.1, 0.15) is 12.0 Å². The van der Waals surface area contributed by atoms with Crippen molar-refractivity contribution < 1.29 is 14.5 Å². The number of anilines is 1. The Morgan fingerprint density at radius 2 is 2.00 bits per heavy atom. The Labute approximate surface area is 127 Å². The van der Waals surface area contributed by atoms with Gasteiger partial charge in [-0.2, -0.15) is 0 Å². The highest BCUT2D eigenvalue weighted by Gasteiger charge is 2.06. The van der Waals surface area contributed by atoms with Crippen molar-refractivity contribution in [2.24, 2.45) is 0 Å². The van der Waals surface area contributed by atoms with Gasteiger partial charge in [0.2, 0.25) is 0 Å². The van der Waals surface area contributed by atoms with Gasteiger partial charge < -0.3 is 10.1 Å². The van der Waals surface area contributed by atoms with E-state index in [-0.39, 0.29) is 18.3 Å². The van der Waals surface area contributed by atoms with Gasteiger partial charge in [0.05, 0.1) is 17.1 Å². The lowest BCUT2D eigenvalue weighted by Crippen LogP contribution is -2.10. The molecule has 1 aromatic heterocycles. The van der Waals surface area contributed by atoms with Crippen LogP contribution in [0.2, 0.25) is 0 Å². The zero-order valence-corrected chi connectivity index (χ0v) is 11.8. The molecule has 0 aliphatic rings. The van der Waals surface area contributed by atoms with Crippen molar-refractivity contribution in [3.63, 3.8) is 0 Å². The molecule has 0 amide bonds. The van der Waals surface area contributed by atoms with Gasteiger partial charge in [0.25, 0.3) is 5.69 Å². The third kappa shape index (κ3) is 4.55. The minimum absolute atomic E-state index is 0.0534. The van der Waals surface area contributed by atoms with E-state index in [2.05, 4.69) is 10.3 Å². The molecular weight excluding hydrogens is 286 g/mol. The summed E-state index contributed by atoms with van der Waals surface area (Å²) in [6.07, 6.45) is 1.80. The van der Waals surface area contributed by atoms with E-state index in [0.29, 0.717) is 24.3 Å². The Morgan fingerprint density at radius 1 is 1.23 bits per heavy atom. The largest absolute Gasteiger partial charge is 0.462 e. The maximum atomic E-state index is 11.7. The topological polar surface area (TPSA) is 94.4 Å². The number of hydrogen-bond donors (Lipinski definition) is 1. The third-order valence-electron chi connectivity index (χ3n) is 2.83. The molecule has 0 saturated heterocycles. The fraction of sp³-hybridized carbons (Fsp3) is 0.200. The van der Waals surface area contributed by atoms with E-state index in [1.165, 1.54) is 18.3 Å². The lowest BCUT2D eigenvalue weighted by molar-refractivity contribution is -0.385. The van der Waals surface area contributed by atoms with E-state index in [4.69, 9.17) is 4.74 Å². The second-order valence-corrected chi connectivity index (χ2v) is 4.44. The lowest BCUT2D eigenvalue weighted by atomic mass is 10.2. The number of carbonyl (C=O) groups is 1. The highest BCUT2D eigenvalue weighted by molar-refractivity contribution is 5.89. The van der Waals surface area contributed by atoms with Gasteiger partial charge in [-0.05, 0) is 24.6 Å². The van der Waals surface area contributed by atoms with Crippen molar-refractivity contribution in [3.8, 4) is 0 Å². The van der Waals surface area contributed by atoms with E-state index in [1.54, 1.807) is 24.3 Å². The molecule has 1 heterocycles. The van der Waals surface area contributed by atoms with Crippen molar-refractivity contribution >= 4 is 17.5 Å². The number of pyridine rings is 1. The second-order valence-electron chi connectivity index (χ2n) is 4.44. The number of carbonyl (C=O) groups excluding carboxylic acids is 1. The first-order chi connectivity index (χ1) is 10.7. The van der Waals surface area contributed by atoms with Crippen LogP contribution in [0.4, 0.5) is 11.5 Å². The molecule has 0 aliphatic heterocycles. The molecule has 22 heavy (non-hydrogen) atoms. The summed E-state index contributed by atoms with van der Waals surface area (Å²) in [5.74, 6) is 0.189. The number of rotatable bonds is 7. The van der Waals surface area contributed by atoms with E-state index >= 15 is 0 Å². The van der Waals surface area contributed by atoms with Crippen LogP contribution in [-0.4, -0.2) is 29.0 Å². The minimum atomic E-state index is -0.500. The Bertz CT molecular complexity index is 629. The average molecular weight is 301 g/mol. The van der Waals surface area contributed by atoms with Gasteiger partial charge in [0, 0.05) is 12.6 Å². The van der Waals surface area contributed by atoms with Gasteiger partial charge in [-0.25, -0.2) is 9.78 Å². The first-order valence-electron chi connectivity index (χ1n) is 6.73. The molecule has 7 heteroatoms. The van der Waals surface area contributed by atoms with Crippen LogP contribution >= 0.6 is 0 Å². The average Bonchev–Trinajstić information content (AvgIpc) is 2.55. The number of aromatic nitrogens is 1. The Hall–Kier alpha value is -2.96. The summed E-state index contributed by atoms with van der Waals surface area (Å²) in [5.41, 5.74) is 0.467. The van der Waals surface area contributed by atoms with Gasteiger partial charge in [-0.1, -0.05) is 18.2 Å². The molecule has 0 saturated carbocycles. The molecule has 7 nitrogen and oxygen atoms in total. The van der Waals surface area contributed by atoms with Gasteiger partial charge in [-0.15, -0.1) is 0 Å². The summed E-state index contributed by atoms with van der Waals surface area (Å²) in [7, 11) is 0.